The van der Waals surface area contributed by atoms with Crippen molar-refractivity contribution in [2.75, 3.05) is 13.1 Å². The molecule has 2 N–H and O–H groups in total. The van der Waals surface area contributed by atoms with Crippen molar-refractivity contribution in [3.63, 3.8) is 0 Å². The highest BCUT2D eigenvalue weighted by atomic mass is 16.2. The number of likely N-dealkylation sites (tertiary alicyclic amines) is 1. The topological polar surface area (TPSA) is 75.1 Å². The zero-order valence-corrected chi connectivity index (χ0v) is 19.6. The molecule has 0 spiro atoms. The normalized spacial score (nSPS) is 14.4. The van der Waals surface area contributed by atoms with E-state index in [9.17, 15) is 10.1 Å². The van der Waals surface area contributed by atoms with E-state index in [1.807, 2.05) is 47.0 Å². The lowest BCUT2D eigenvalue weighted by atomic mass is 9.91. The van der Waals surface area contributed by atoms with Crippen LogP contribution in [0.5, 0.6) is 0 Å². The third kappa shape index (κ3) is 3.98. The number of hydrogen-bond donors (Lipinski definition) is 1. The minimum absolute atomic E-state index is 0.0614. The van der Waals surface area contributed by atoms with Gasteiger partial charge >= 0.3 is 0 Å². The van der Waals surface area contributed by atoms with Crippen molar-refractivity contribution in [2.45, 2.75) is 25.8 Å². The summed E-state index contributed by atoms with van der Waals surface area (Å²) < 4.78 is 2.04. The van der Waals surface area contributed by atoms with E-state index in [4.69, 9.17) is 5.73 Å². The summed E-state index contributed by atoms with van der Waals surface area (Å²) in [6, 6.07) is 22.8. The molecule has 1 fully saturated rings. The summed E-state index contributed by atoms with van der Waals surface area (Å²) in [5, 5.41) is 10.2. The van der Waals surface area contributed by atoms with Gasteiger partial charge in [0.05, 0.1) is 17.2 Å². The van der Waals surface area contributed by atoms with Crippen LogP contribution in [-0.2, 0) is 7.05 Å². The van der Waals surface area contributed by atoms with Crippen LogP contribution in [-0.4, -0.2) is 34.5 Å². The minimum Gasteiger partial charge on any atom is -0.350 e. The first kappa shape index (κ1) is 21.9. The van der Waals surface area contributed by atoms with Crippen molar-refractivity contribution < 1.29 is 4.79 Å². The van der Waals surface area contributed by atoms with Crippen molar-refractivity contribution in [1.82, 2.24) is 9.47 Å². The highest BCUT2D eigenvalue weighted by Crippen LogP contribution is 2.38. The molecule has 0 atom stereocenters. The average Bonchev–Trinajstić information content (AvgIpc) is 3.19. The molecular weight excluding hydrogens is 420 g/mol. The van der Waals surface area contributed by atoms with Gasteiger partial charge in [-0.25, -0.2) is 0 Å². The van der Waals surface area contributed by atoms with Gasteiger partial charge in [-0.05, 0) is 66.3 Å². The van der Waals surface area contributed by atoms with Crippen molar-refractivity contribution in [2.24, 2.45) is 12.8 Å². The smallest absolute Gasteiger partial charge is 0.256 e. The molecule has 1 amide bonds. The number of aryl methyl sites for hydroxylation is 2. The van der Waals surface area contributed by atoms with Gasteiger partial charge in [-0.3, -0.25) is 4.79 Å². The molecule has 2 heterocycles. The second kappa shape index (κ2) is 8.81. The van der Waals surface area contributed by atoms with E-state index in [2.05, 4.69) is 49.4 Å². The number of benzene rings is 3. The van der Waals surface area contributed by atoms with E-state index in [1.54, 1.807) is 0 Å². The van der Waals surface area contributed by atoms with Crippen molar-refractivity contribution in [3.8, 4) is 28.3 Å². The first-order valence-corrected chi connectivity index (χ1v) is 11.7. The van der Waals surface area contributed by atoms with Crippen LogP contribution in [0.2, 0.25) is 0 Å². The van der Waals surface area contributed by atoms with Gasteiger partial charge in [-0.15, -0.1) is 0 Å². The number of amides is 1. The van der Waals surface area contributed by atoms with Gasteiger partial charge in [-0.2, -0.15) is 5.26 Å². The van der Waals surface area contributed by atoms with Gasteiger partial charge in [0.15, 0.2) is 0 Å². The molecule has 1 aliphatic heterocycles. The molecule has 1 saturated heterocycles. The first-order valence-electron chi connectivity index (χ1n) is 11.7. The number of carbonyl (C=O) groups is 1. The SMILES string of the molecule is Cc1ccc(-c2cc3c(cc2-c2ccc(C#N)cc2)c(C(=O)N2CCC(N)CC2)cn3C)cc1. The zero-order chi connectivity index (χ0) is 23.8. The molecule has 0 aliphatic carbocycles. The Morgan fingerprint density at radius 2 is 1.56 bits per heavy atom. The first-order chi connectivity index (χ1) is 16.4. The summed E-state index contributed by atoms with van der Waals surface area (Å²) >= 11 is 0. The summed E-state index contributed by atoms with van der Waals surface area (Å²) in [4.78, 5) is 15.4. The molecule has 5 nitrogen and oxygen atoms in total. The zero-order valence-electron chi connectivity index (χ0n) is 19.6. The highest BCUT2D eigenvalue weighted by Gasteiger charge is 2.25. The Morgan fingerprint density at radius 1 is 0.971 bits per heavy atom. The monoisotopic (exact) mass is 448 g/mol. The molecule has 0 bridgehead atoms. The summed E-state index contributed by atoms with van der Waals surface area (Å²) in [7, 11) is 1.99. The van der Waals surface area contributed by atoms with E-state index >= 15 is 0 Å². The van der Waals surface area contributed by atoms with E-state index in [-0.39, 0.29) is 11.9 Å². The predicted octanol–water partition coefficient (Wildman–Crippen LogP) is 5.26. The maximum atomic E-state index is 13.5. The maximum absolute atomic E-state index is 13.5. The van der Waals surface area contributed by atoms with Gasteiger partial charge in [-0.1, -0.05) is 42.0 Å². The molecular formula is C29H28N4O. The number of fused-ring (bicyclic) bond motifs is 1. The molecule has 170 valence electrons. The Balaban J connectivity index is 1.68. The fourth-order valence-corrected chi connectivity index (χ4v) is 4.81. The van der Waals surface area contributed by atoms with Crippen molar-refractivity contribution >= 4 is 16.8 Å². The number of nitrogens with zero attached hydrogens (tertiary/aromatic N) is 3. The Hall–Kier alpha value is -3.88. The summed E-state index contributed by atoms with van der Waals surface area (Å²) in [5.74, 6) is 0.0614. The number of nitriles is 1. The number of carbonyl (C=O) groups excluding carboxylic acids is 1. The quantitative estimate of drug-likeness (QED) is 0.465. The molecule has 0 saturated carbocycles. The third-order valence-corrected chi connectivity index (χ3v) is 6.87. The Morgan fingerprint density at radius 3 is 2.18 bits per heavy atom. The molecule has 0 radical (unpaired) electrons. The van der Waals surface area contributed by atoms with Crippen LogP contribution < -0.4 is 5.73 Å². The van der Waals surface area contributed by atoms with E-state index in [1.165, 1.54) is 5.56 Å². The standard InChI is InChI=1S/C29H28N4O/c1-19-3-7-21(8-4-19)25-16-28-26(15-24(25)22-9-5-20(17-30)6-10-22)27(18-32(28)2)29(34)33-13-11-23(31)12-14-33/h3-10,15-16,18,23H,11-14,31H2,1-2H3. The lowest BCUT2D eigenvalue weighted by molar-refractivity contribution is 0.0716. The number of aromatic nitrogens is 1. The summed E-state index contributed by atoms with van der Waals surface area (Å²) in [5.41, 5.74) is 13.9. The van der Waals surface area contributed by atoms with Crippen molar-refractivity contribution in [1.29, 1.82) is 5.26 Å². The van der Waals surface area contributed by atoms with Crippen LogP contribution in [0.15, 0.2) is 66.9 Å². The lowest BCUT2D eigenvalue weighted by Gasteiger charge is -2.30. The summed E-state index contributed by atoms with van der Waals surface area (Å²) in [6.45, 7) is 3.47. The van der Waals surface area contributed by atoms with Crippen LogP contribution in [0, 0.1) is 18.3 Å². The van der Waals surface area contributed by atoms with Gasteiger partial charge in [0, 0.05) is 43.3 Å². The molecule has 1 aliphatic rings. The predicted molar refractivity (Wildman–Crippen MR) is 136 cm³/mol. The largest absolute Gasteiger partial charge is 0.350 e. The van der Waals surface area contributed by atoms with E-state index in [0.29, 0.717) is 18.7 Å². The van der Waals surface area contributed by atoms with Gasteiger partial charge < -0.3 is 15.2 Å². The van der Waals surface area contributed by atoms with Gasteiger partial charge in [0.25, 0.3) is 5.91 Å². The fraction of sp³-hybridized carbons (Fsp3) is 0.241. The Bertz CT molecular complexity index is 1400. The minimum atomic E-state index is 0.0614. The van der Waals surface area contributed by atoms with Gasteiger partial charge in [0.2, 0.25) is 0 Å². The fourth-order valence-electron chi connectivity index (χ4n) is 4.81. The Labute approximate surface area is 200 Å². The molecule has 3 aromatic carbocycles. The molecule has 5 heteroatoms. The Kier molecular flexibility index (Phi) is 5.69. The van der Waals surface area contributed by atoms with E-state index in [0.717, 1.165) is 51.6 Å². The van der Waals surface area contributed by atoms with Gasteiger partial charge in [0.1, 0.15) is 0 Å². The molecule has 5 rings (SSSR count). The number of piperidine rings is 1. The number of rotatable bonds is 3. The molecule has 1 aromatic heterocycles. The molecule has 0 unspecified atom stereocenters. The summed E-state index contributed by atoms with van der Waals surface area (Å²) in [6.07, 6.45) is 3.62. The molecule has 34 heavy (non-hydrogen) atoms. The highest BCUT2D eigenvalue weighted by molar-refractivity contribution is 6.09. The van der Waals surface area contributed by atoms with E-state index < -0.39 is 0 Å². The van der Waals surface area contributed by atoms with Crippen LogP contribution in [0.1, 0.15) is 34.3 Å². The lowest BCUT2D eigenvalue weighted by Crippen LogP contribution is -2.42. The number of hydrogen-bond acceptors (Lipinski definition) is 3. The molecule has 4 aromatic rings. The van der Waals surface area contributed by atoms with Crippen LogP contribution in [0.4, 0.5) is 0 Å². The average molecular weight is 449 g/mol. The second-order valence-electron chi connectivity index (χ2n) is 9.25. The van der Waals surface area contributed by atoms with Crippen LogP contribution >= 0.6 is 0 Å². The second-order valence-corrected chi connectivity index (χ2v) is 9.25. The third-order valence-electron chi connectivity index (χ3n) is 6.87. The number of nitrogens with two attached hydrogens (primary N) is 1. The van der Waals surface area contributed by atoms with Crippen molar-refractivity contribution in [3.05, 3.63) is 83.6 Å². The van der Waals surface area contributed by atoms with Crippen LogP contribution in [0.25, 0.3) is 33.2 Å². The van der Waals surface area contributed by atoms with Crippen LogP contribution in [0.3, 0.4) is 0 Å². The maximum Gasteiger partial charge on any atom is 0.256 e.